The van der Waals surface area contributed by atoms with E-state index < -0.39 is 0 Å². The zero-order valence-electron chi connectivity index (χ0n) is 19.1. The molecule has 0 aliphatic heterocycles. The number of aromatic nitrogens is 1. The predicted molar refractivity (Wildman–Crippen MR) is 131 cm³/mol. The van der Waals surface area contributed by atoms with E-state index in [-0.39, 0.29) is 5.91 Å². The van der Waals surface area contributed by atoms with Crippen molar-refractivity contribution in [3.05, 3.63) is 84.2 Å². The second-order valence-electron chi connectivity index (χ2n) is 7.25. The Labute approximate surface area is 194 Å². The van der Waals surface area contributed by atoms with Crippen LogP contribution in [0, 0.1) is 0 Å². The molecule has 0 fully saturated rings. The molecule has 2 aromatic carbocycles. The number of rotatable bonds is 10. The van der Waals surface area contributed by atoms with Gasteiger partial charge in [-0.25, -0.2) is 4.99 Å². The Balaban J connectivity index is 1.75. The average Bonchev–Trinajstić information content (AvgIpc) is 2.85. The molecular formula is C26H30N4O3. The number of para-hydroxylation sites is 2. The van der Waals surface area contributed by atoms with Crippen molar-refractivity contribution in [2.24, 2.45) is 4.99 Å². The van der Waals surface area contributed by atoms with Crippen LogP contribution in [-0.4, -0.2) is 30.1 Å². The lowest BCUT2D eigenvalue weighted by atomic mass is 10.2. The minimum absolute atomic E-state index is 0.273. The molecule has 7 heteroatoms. The van der Waals surface area contributed by atoms with E-state index in [9.17, 15) is 4.79 Å². The van der Waals surface area contributed by atoms with Crippen LogP contribution in [0.25, 0.3) is 0 Å². The van der Waals surface area contributed by atoms with Crippen LogP contribution in [0.5, 0.6) is 11.5 Å². The number of ether oxygens (including phenoxy) is 2. The molecule has 0 saturated heterocycles. The number of amides is 1. The van der Waals surface area contributed by atoms with E-state index in [2.05, 4.69) is 27.5 Å². The van der Waals surface area contributed by atoms with E-state index in [1.54, 1.807) is 36.7 Å². The van der Waals surface area contributed by atoms with Gasteiger partial charge in [0.2, 0.25) is 5.96 Å². The van der Waals surface area contributed by atoms with Gasteiger partial charge in [-0.1, -0.05) is 25.5 Å². The fourth-order valence-corrected chi connectivity index (χ4v) is 2.96. The first-order valence-electron chi connectivity index (χ1n) is 11.2. The highest BCUT2D eigenvalue weighted by Crippen LogP contribution is 2.23. The number of hydrogen-bond donors (Lipinski definition) is 2. The molecule has 0 bridgehead atoms. The molecule has 3 rings (SSSR count). The third-order valence-corrected chi connectivity index (χ3v) is 4.72. The second kappa shape index (κ2) is 12.9. The van der Waals surface area contributed by atoms with Crippen molar-refractivity contribution in [2.75, 3.05) is 18.5 Å². The zero-order chi connectivity index (χ0) is 23.3. The summed E-state index contributed by atoms with van der Waals surface area (Å²) in [6, 6.07) is 18.4. The molecule has 0 radical (unpaired) electrons. The monoisotopic (exact) mass is 446 g/mol. The predicted octanol–water partition coefficient (Wildman–Crippen LogP) is 5.06. The maximum Gasteiger partial charge on any atom is 0.257 e. The van der Waals surface area contributed by atoms with Gasteiger partial charge in [0.1, 0.15) is 11.5 Å². The van der Waals surface area contributed by atoms with Crippen molar-refractivity contribution in [3.8, 4) is 11.5 Å². The Morgan fingerprint density at radius 3 is 2.45 bits per heavy atom. The standard InChI is InChI=1S/C26H30N4O3/c1-3-5-18-33-22-12-10-21(11-13-22)25(31)30-26(28-19-20-14-16-27-17-15-20)29-23-8-6-7-9-24(23)32-4-2/h6-17H,3-5,18-19H2,1-2H3,(H2,28,29,30,31). The normalized spacial score (nSPS) is 11.0. The Kier molecular flexibility index (Phi) is 9.27. The van der Waals surface area contributed by atoms with Crippen LogP contribution >= 0.6 is 0 Å². The summed E-state index contributed by atoms with van der Waals surface area (Å²) in [5, 5.41) is 6.08. The van der Waals surface area contributed by atoms with E-state index in [0.717, 1.165) is 24.2 Å². The maximum atomic E-state index is 12.9. The number of guanidine groups is 1. The molecule has 1 aromatic heterocycles. The summed E-state index contributed by atoms with van der Waals surface area (Å²) < 4.78 is 11.4. The fourth-order valence-electron chi connectivity index (χ4n) is 2.96. The van der Waals surface area contributed by atoms with Crippen molar-refractivity contribution in [1.82, 2.24) is 10.3 Å². The Bertz CT molecular complexity index is 1040. The van der Waals surface area contributed by atoms with Gasteiger partial charge in [0.15, 0.2) is 0 Å². The number of benzene rings is 2. The molecule has 33 heavy (non-hydrogen) atoms. The highest BCUT2D eigenvalue weighted by molar-refractivity contribution is 6.10. The fraction of sp³-hybridized carbons (Fsp3) is 0.269. The van der Waals surface area contributed by atoms with Gasteiger partial charge in [0.25, 0.3) is 5.91 Å². The Morgan fingerprint density at radius 2 is 1.73 bits per heavy atom. The summed E-state index contributed by atoms with van der Waals surface area (Å²) in [6.45, 7) is 5.61. The molecule has 0 atom stereocenters. The number of aliphatic imine (C=N–C) groups is 1. The van der Waals surface area contributed by atoms with Crippen LogP contribution in [0.15, 0.2) is 78.0 Å². The molecule has 2 N–H and O–H groups in total. The summed E-state index contributed by atoms with van der Waals surface area (Å²) in [5.41, 5.74) is 2.20. The summed E-state index contributed by atoms with van der Waals surface area (Å²) in [7, 11) is 0. The van der Waals surface area contributed by atoms with Gasteiger partial charge in [-0.3, -0.25) is 15.1 Å². The maximum absolute atomic E-state index is 12.9. The first-order valence-corrected chi connectivity index (χ1v) is 11.2. The zero-order valence-corrected chi connectivity index (χ0v) is 19.1. The molecule has 3 aromatic rings. The second-order valence-corrected chi connectivity index (χ2v) is 7.25. The Morgan fingerprint density at radius 1 is 0.970 bits per heavy atom. The van der Waals surface area contributed by atoms with E-state index in [1.807, 2.05) is 43.3 Å². The number of carbonyl (C=O) groups is 1. The van der Waals surface area contributed by atoms with Crippen molar-refractivity contribution < 1.29 is 14.3 Å². The number of nitrogens with one attached hydrogen (secondary N) is 2. The lowest BCUT2D eigenvalue weighted by molar-refractivity contribution is 0.0977. The first kappa shape index (κ1) is 23.8. The molecule has 0 spiro atoms. The molecule has 7 nitrogen and oxygen atoms in total. The summed E-state index contributed by atoms with van der Waals surface area (Å²) >= 11 is 0. The van der Waals surface area contributed by atoms with Gasteiger partial charge in [-0.15, -0.1) is 0 Å². The Hall–Kier alpha value is -3.87. The smallest absolute Gasteiger partial charge is 0.257 e. The van der Waals surface area contributed by atoms with Crippen LogP contribution in [0.2, 0.25) is 0 Å². The molecule has 0 aliphatic carbocycles. The topological polar surface area (TPSA) is 84.8 Å². The number of anilines is 1. The van der Waals surface area contributed by atoms with Gasteiger partial charge in [0, 0.05) is 18.0 Å². The lowest BCUT2D eigenvalue weighted by Gasteiger charge is -2.15. The molecule has 1 heterocycles. The first-order chi connectivity index (χ1) is 16.2. The SMILES string of the molecule is CCCCOc1ccc(C(=O)NC(=NCc2ccncc2)Nc2ccccc2OCC)cc1. The minimum atomic E-state index is -0.273. The molecule has 0 unspecified atom stereocenters. The van der Waals surface area contributed by atoms with Crippen LogP contribution in [-0.2, 0) is 6.54 Å². The third kappa shape index (κ3) is 7.64. The summed E-state index contributed by atoms with van der Waals surface area (Å²) in [5.74, 6) is 1.48. The highest BCUT2D eigenvalue weighted by Gasteiger charge is 2.12. The average molecular weight is 447 g/mol. The molecule has 0 aliphatic rings. The van der Waals surface area contributed by atoms with E-state index in [1.165, 1.54) is 0 Å². The van der Waals surface area contributed by atoms with Crippen molar-refractivity contribution in [2.45, 2.75) is 33.2 Å². The number of carbonyl (C=O) groups excluding carboxylic acids is 1. The van der Waals surface area contributed by atoms with E-state index >= 15 is 0 Å². The van der Waals surface area contributed by atoms with Crippen LogP contribution < -0.4 is 20.1 Å². The quantitative estimate of drug-likeness (QED) is 0.258. The number of nitrogens with zero attached hydrogens (tertiary/aromatic N) is 2. The van der Waals surface area contributed by atoms with Gasteiger partial charge in [-0.2, -0.15) is 0 Å². The lowest BCUT2D eigenvalue weighted by Crippen LogP contribution is -2.36. The van der Waals surface area contributed by atoms with Crippen molar-refractivity contribution in [1.29, 1.82) is 0 Å². The van der Waals surface area contributed by atoms with Crippen LogP contribution in [0.4, 0.5) is 5.69 Å². The van der Waals surface area contributed by atoms with Crippen molar-refractivity contribution >= 4 is 17.6 Å². The van der Waals surface area contributed by atoms with Gasteiger partial charge in [-0.05, 0) is 67.4 Å². The minimum Gasteiger partial charge on any atom is -0.494 e. The number of unbranched alkanes of at least 4 members (excludes halogenated alkanes) is 1. The van der Waals surface area contributed by atoms with Crippen LogP contribution in [0.3, 0.4) is 0 Å². The number of pyridine rings is 1. The summed E-state index contributed by atoms with van der Waals surface area (Å²) in [4.78, 5) is 21.5. The van der Waals surface area contributed by atoms with Gasteiger partial charge < -0.3 is 14.8 Å². The van der Waals surface area contributed by atoms with E-state index in [0.29, 0.717) is 42.7 Å². The highest BCUT2D eigenvalue weighted by atomic mass is 16.5. The molecule has 0 saturated carbocycles. The molecular weight excluding hydrogens is 416 g/mol. The molecule has 1 amide bonds. The van der Waals surface area contributed by atoms with E-state index in [4.69, 9.17) is 9.47 Å². The van der Waals surface area contributed by atoms with Crippen LogP contribution in [0.1, 0.15) is 42.6 Å². The van der Waals surface area contributed by atoms with Gasteiger partial charge in [0.05, 0.1) is 25.4 Å². The third-order valence-electron chi connectivity index (χ3n) is 4.72. The molecule has 172 valence electrons. The summed E-state index contributed by atoms with van der Waals surface area (Å²) in [6.07, 6.45) is 5.49. The van der Waals surface area contributed by atoms with Crippen molar-refractivity contribution in [3.63, 3.8) is 0 Å². The van der Waals surface area contributed by atoms with Gasteiger partial charge >= 0.3 is 0 Å². The number of hydrogen-bond acceptors (Lipinski definition) is 5. The largest absolute Gasteiger partial charge is 0.494 e.